The number of halogens is 1. The van der Waals surface area contributed by atoms with Gasteiger partial charge in [0.05, 0.1) is 5.56 Å². The van der Waals surface area contributed by atoms with Gasteiger partial charge in [0.15, 0.2) is 0 Å². The smallest absolute Gasteiger partial charge is 0.254 e. The minimum atomic E-state index is -0.849. The second-order valence-corrected chi connectivity index (χ2v) is 4.34. The van der Waals surface area contributed by atoms with Crippen LogP contribution in [0, 0.1) is 11.7 Å². The Kier molecular flexibility index (Phi) is 4.25. The van der Waals surface area contributed by atoms with Gasteiger partial charge in [-0.15, -0.1) is 0 Å². The van der Waals surface area contributed by atoms with E-state index in [0.717, 1.165) is 6.07 Å². The highest BCUT2D eigenvalue weighted by atomic mass is 19.1. The van der Waals surface area contributed by atoms with Gasteiger partial charge in [0.1, 0.15) is 11.9 Å². The maximum Gasteiger partial charge on any atom is 0.254 e. The highest BCUT2D eigenvalue weighted by Gasteiger charge is 2.23. The number of rotatable bonds is 4. The van der Waals surface area contributed by atoms with Crippen molar-refractivity contribution in [1.29, 1.82) is 0 Å². The molecule has 0 spiro atoms. The normalized spacial score (nSPS) is 12.2. The molecule has 0 saturated heterocycles. The van der Waals surface area contributed by atoms with Gasteiger partial charge in [-0.3, -0.25) is 9.59 Å². The van der Waals surface area contributed by atoms with E-state index in [1.807, 2.05) is 0 Å². The summed E-state index contributed by atoms with van der Waals surface area (Å²) < 4.78 is 13.4. The number of hydrogen-bond donors (Lipinski definition) is 3. The third-order valence-corrected chi connectivity index (χ3v) is 2.49. The van der Waals surface area contributed by atoms with E-state index in [0.29, 0.717) is 0 Å². The molecule has 0 aliphatic rings. The van der Waals surface area contributed by atoms with Crippen LogP contribution in [0.3, 0.4) is 0 Å². The molecule has 1 aromatic rings. The van der Waals surface area contributed by atoms with Gasteiger partial charge in [-0.1, -0.05) is 13.8 Å². The van der Waals surface area contributed by atoms with Crippen LogP contribution in [-0.4, -0.2) is 17.9 Å². The van der Waals surface area contributed by atoms with E-state index in [1.54, 1.807) is 13.8 Å². The predicted octanol–water partition coefficient (Wildman–Crippen LogP) is 0.648. The fourth-order valence-electron chi connectivity index (χ4n) is 1.50. The quantitative estimate of drug-likeness (QED) is 0.687. The van der Waals surface area contributed by atoms with Crippen molar-refractivity contribution < 1.29 is 14.0 Å². The SMILES string of the molecule is CC(C)C(NC(=O)c1cc(N)ccc1F)C(N)=O. The van der Waals surface area contributed by atoms with Crippen molar-refractivity contribution in [3.8, 4) is 0 Å². The summed E-state index contributed by atoms with van der Waals surface area (Å²) in [6.07, 6.45) is 0. The number of benzene rings is 1. The first kappa shape index (κ1) is 14.0. The standard InChI is InChI=1S/C12H16FN3O2/c1-6(2)10(11(15)17)16-12(18)8-5-7(14)3-4-9(8)13/h3-6,10H,14H2,1-2H3,(H2,15,17)(H,16,18). The minimum Gasteiger partial charge on any atom is -0.399 e. The van der Waals surface area contributed by atoms with Gasteiger partial charge >= 0.3 is 0 Å². The van der Waals surface area contributed by atoms with Crippen molar-refractivity contribution in [2.75, 3.05) is 5.73 Å². The molecule has 0 heterocycles. The van der Waals surface area contributed by atoms with E-state index in [9.17, 15) is 14.0 Å². The van der Waals surface area contributed by atoms with Crippen molar-refractivity contribution in [2.45, 2.75) is 19.9 Å². The van der Waals surface area contributed by atoms with Gasteiger partial charge in [0, 0.05) is 5.69 Å². The molecular formula is C12H16FN3O2. The Morgan fingerprint density at radius 2 is 1.94 bits per heavy atom. The maximum absolute atomic E-state index is 13.4. The second kappa shape index (κ2) is 5.48. The van der Waals surface area contributed by atoms with Crippen molar-refractivity contribution in [1.82, 2.24) is 5.32 Å². The highest BCUT2D eigenvalue weighted by Crippen LogP contribution is 2.13. The number of primary amides is 1. The van der Waals surface area contributed by atoms with E-state index in [2.05, 4.69) is 5.32 Å². The Morgan fingerprint density at radius 3 is 2.44 bits per heavy atom. The first-order valence-electron chi connectivity index (χ1n) is 5.48. The molecule has 0 fully saturated rings. The molecule has 0 saturated carbocycles. The van der Waals surface area contributed by atoms with Crippen molar-refractivity contribution in [3.63, 3.8) is 0 Å². The summed E-state index contributed by atoms with van der Waals surface area (Å²) in [7, 11) is 0. The predicted molar refractivity (Wildman–Crippen MR) is 66.1 cm³/mol. The number of nitrogen functional groups attached to an aromatic ring is 1. The third kappa shape index (κ3) is 3.19. The van der Waals surface area contributed by atoms with Crippen LogP contribution in [0.5, 0.6) is 0 Å². The molecule has 98 valence electrons. The third-order valence-electron chi connectivity index (χ3n) is 2.49. The number of hydrogen-bond acceptors (Lipinski definition) is 3. The van der Waals surface area contributed by atoms with Crippen LogP contribution in [0.15, 0.2) is 18.2 Å². The number of amides is 2. The van der Waals surface area contributed by atoms with E-state index in [1.165, 1.54) is 12.1 Å². The summed E-state index contributed by atoms with van der Waals surface area (Å²) in [6.45, 7) is 3.46. The zero-order chi connectivity index (χ0) is 13.9. The summed E-state index contributed by atoms with van der Waals surface area (Å²) >= 11 is 0. The number of carbonyl (C=O) groups is 2. The van der Waals surface area contributed by atoms with E-state index < -0.39 is 23.7 Å². The number of nitrogens with two attached hydrogens (primary N) is 2. The molecule has 0 aromatic heterocycles. The van der Waals surface area contributed by atoms with Crippen LogP contribution in [-0.2, 0) is 4.79 Å². The first-order chi connectivity index (χ1) is 8.32. The number of carbonyl (C=O) groups excluding carboxylic acids is 2. The van der Waals surface area contributed by atoms with Crippen LogP contribution in [0.1, 0.15) is 24.2 Å². The van der Waals surface area contributed by atoms with Gasteiger partial charge < -0.3 is 16.8 Å². The van der Waals surface area contributed by atoms with E-state index >= 15 is 0 Å². The summed E-state index contributed by atoms with van der Waals surface area (Å²) in [4.78, 5) is 23.0. The molecular weight excluding hydrogens is 237 g/mol. The summed E-state index contributed by atoms with van der Waals surface area (Å²) in [5.74, 6) is -2.26. The fraction of sp³-hybridized carbons (Fsp3) is 0.333. The van der Waals surface area contributed by atoms with E-state index in [-0.39, 0.29) is 17.2 Å². The molecule has 0 bridgehead atoms. The maximum atomic E-state index is 13.4. The van der Waals surface area contributed by atoms with Gasteiger partial charge in [-0.05, 0) is 24.1 Å². The van der Waals surface area contributed by atoms with Crippen molar-refractivity contribution in [2.24, 2.45) is 11.7 Å². The molecule has 2 amide bonds. The Morgan fingerprint density at radius 1 is 1.33 bits per heavy atom. The van der Waals surface area contributed by atoms with Crippen LogP contribution >= 0.6 is 0 Å². The summed E-state index contributed by atoms with van der Waals surface area (Å²) in [5, 5.41) is 2.39. The first-order valence-corrected chi connectivity index (χ1v) is 5.48. The summed E-state index contributed by atoms with van der Waals surface area (Å²) in [6, 6.07) is 2.81. The van der Waals surface area contributed by atoms with Gasteiger partial charge in [0.2, 0.25) is 5.91 Å². The average molecular weight is 253 g/mol. The molecule has 1 aromatic carbocycles. The Bertz CT molecular complexity index is 474. The zero-order valence-electron chi connectivity index (χ0n) is 10.2. The second-order valence-electron chi connectivity index (χ2n) is 4.34. The molecule has 0 radical (unpaired) electrons. The van der Waals surface area contributed by atoms with Crippen LogP contribution < -0.4 is 16.8 Å². The topological polar surface area (TPSA) is 98.2 Å². The molecule has 1 unspecified atom stereocenters. The zero-order valence-corrected chi connectivity index (χ0v) is 10.2. The summed E-state index contributed by atoms with van der Waals surface area (Å²) in [5.41, 5.74) is 10.7. The van der Waals surface area contributed by atoms with Gasteiger partial charge in [-0.25, -0.2) is 4.39 Å². The molecule has 1 rings (SSSR count). The lowest BCUT2D eigenvalue weighted by Gasteiger charge is -2.19. The number of anilines is 1. The number of nitrogens with one attached hydrogen (secondary N) is 1. The monoisotopic (exact) mass is 253 g/mol. The van der Waals surface area contributed by atoms with Crippen LogP contribution in [0.25, 0.3) is 0 Å². The molecule has 18 heavy (non-hydrogen) atoms. The molecule has 0 aliphatic carbocycles. The van der Waals surface area contributed by atoms with E-state index in [4.69, 9.17) is 11.5 Å². The molecule has 0 aliphatic heterocycles. The van der Waals surface area contributed by atoms with Gasteiger partial charge in [-0.2, -0.15) is 0 Å². The Balaban J connectivity index is 2.94. The van der Waals surface area contributed by atoms with Crippen LogP contribution in [0.4, 0.5) is 10.1 Å². The molecule has 5 N–H and O–H groups in total. The van der Waals surface area contributed by atoms with Crippen molar-refractivity contribution in [3.05, 3.63) is 29.6 Å². The Labute approximate surface area is 104 Å². The lowest BCUT2D eigenvalue weighted by atomic mass is 10.0. The van der Waals surface area contributed by atoms with Crippen LogP contribution in [0.2, 0.25) is 0 Å². The minimum absolute atomic E-state index is 0.185. The Hall–Kier alpha value is -2.11. The molecule has 1 atom stereocenters. The van der Waals surface area contributed by atoms with Gasteiger partial charge in [0.25, 0.3) is 5.91 Å². The molecule has 5 nitrogen and oxygen atoms in total. The highest BCUT2D eigenvalue weighted by molar-refractivity contribution is 5.98. The average Bonchev–Trinajstić information content (AvgIpc) is 2.28. The molecule has 6 heteroatoms. The lowest BCUT2D eigenvalue weighted by molar-refractivity contribution is -0.120. The largest absolute Gasteiger partial charge is 0.399 e. The lowest BCUT2D eigenvalue weighted by Crippen LogP contribution is -2.47. The van der Waals surface area contributed by atoms with Crippen molar-refractivity contribution >= 4 is 17.5 Å². The fourth-order valence-corrected chi connectivity index (χ4v) is 1.50.